The van der Waals surface area contributed by atoms with E-state index in [2.05, 4.69) is 13.8 Å². The average Bonchev–Trinajstić information content (AvgIpc) is 2.21. The molecule has 15 heavy (non-hydrogen) atoms. The Morgan fingerprint density at radius 1 is 1.20 bits per heavy atom. The molecule has 1 aromatic carbocycles. The topological polar surface area (TPSA) is 18.5 Å². The first-order chi connectivity index (χ1) is 6.83. The molecule has 0 spiro atoms. The van der Waals surface area contributed by atoms with Crippen molar-refractivity contribution in [2.24, 2.45) is 0 Å². The summed E-state index contributed by atoms with van der Waals surface area (Å²) in [6.45, 7) is 5.00. The molecule has 1 rings (SSSR count). The van der Waals surface area contributed by atoms with Crippen molar-refractivity contribution >= 4 is 26.0 Å². The van der Waals surface area contributed by atoms with Gasteiger partial charge < -0.3 is 9.05 Å². The van der Waals surface area contributed by atoms with Gasteiger partial charge in [0.2, 0.25) is 9.03 Å². The van der Waals surface area contributed by atoms with E-state index in [4.69, 9.17) is 9.05 Å². The summed E-state index contributed by atoms with van der Waals surface area (Å²) in [5.41, 5.74) is 1.24. The second kappa shape index (κ2) is 9.14. The Labute approximate surface area is 104 Å². The maximum absolute atomic E-state index is 5.41. The molecule has 0 bridgehead atoms. The van der Waals surface area contributed by atoms with E-state index >= 15 is 0 Å². The first-order valence-electron chi connectivity index (χ1n) is 4.93. The Bertz CT molecular complexity index is 251. The molecule has 4 heteroatoms. The van der Waals surface area contributed by atoms with Crippen LogP contribution in [0.5, 0.6) is 5.75 Å². The summed E-state index contributed by atoms with van der Waals surface area (Å²) in [5, 5.41) is 0. The van der Waals surface area contributed by atoms with Gasteiger partial charge in [-0.1, -0.05) is 31.0 Å². The molecular formula is C11H18BrO2P. The Morgan fingerprint density at radius 2 is 1.87 bits per heavy atom. The minimum absolute atomic E-state index is 0. The molecule has 1 aromatic rings. The summed E-state index contributed by atoms with van der Waals surface area (Å²) in [6.07, 6.45) is 2.26. The molecule has 0 saturated carbocycles. The minimum Gasteiger partial charge on any atom is -0.450 e. The van der Waals surface area contributed by atoms with Crippen molar-refractivity contribution in [2.75, 3.05) is 6.61 Å². The second-order valence-electron chi connectivity index (χ2n) is 3.20. The van der Waals surface area contributed by atoms with Crippen LogP contribution in [-0.2, 0) is 4.52 Å². The van der Waals surface area contributed by atoms with E-state index in [9.17, 15) is 0 Å². The summed E-state index contributed by atoms with van der Waals surface area (Å²) >= 11 is 0. The van der Waals surface area contributed by atoms with Gasteiger partial charge in [-0.15, -0.1) is 17.0 Å². The monoisotopic (exact) mass is 292 g/mol. The Hall–Kier alpha value is -0.110. The zero-order valence-corrected chi connectivity index (χ0v) is 11.9. The Kier molecular flexibility index (Phi) is 9.07. The molecule has 0 N–H and O–H groups in total. The normalized spacial score (nSPS) is 10.3. The van der Waals surface area contributed by atoms with E-state index in [1.165, 1.54) is 5.56 Å². The molecule has 0 aromatic heterocycles. The summed E-state index contributed by atoms with van der Waals surface area (Å²) in [5.74, 6) is 0.880. The number of halogens is 1. The first-order valence-corrected chi connectivity index (χ1v) is 5.75. The van der Waals surface area contributed by atoms with Crippen LogP contribution in [0.1, 0.15) is 25.3 Å². The average molecular weight is 293 g/mol. The SMILES string of the molecule is Br.CCCCOPOc1ccc(C)cc1. The van der Waals surface area contributed by atoms with Gasteiger partial charge in [-0.3, -0.25) is 0 Å². The van der Waals surface area contributed by atoms with Crippen LogP contribution in [0.2, 0.25) is 0 Å². The van der Waals surface area contributed by atoms with Gasteiger partial charge in [0.05, 0.1) is 6.61 Å². The molecule has 1 unspecified atom stereocenters. The molecule has 0 amide bonds. The highest BCUT2D eigenvalue weighted by atomic mass is 79.9. The second-order valence-corrected chi connectivity index (χ2v) is 3.86. The van der Waals surface area contributed by atoms with Gasteiger partial charge in [0.15, 0.2) is 0 Å². The molecule has 2 nitrogen and oxygen atoms in total. The van der Waals surface area contributed by atoms with E-state index in [1.807, 2.05) is 24.3 Å². The van der Waals surface area contributed by atoms with Crippen molar-refractivity contribution in [3.8, 4) is 5.75 Å². The minimum atomic E-state index is 0. The fraction of sp³-hybridized carbons (Fsp3) is 0.455. The van der Waals surface area contributed by atoms with Crippen molar-refractivity contribution in [3.63, 3.8) is 0 Å². The Morgan fingerprint density at radius 3 is 2.47 bits per heavy atom. The summed E-state index contributed by atoms with van der Waals surface area (Å²) in [7, 11) is 0.116. The third kappa shape index (κ3) is 6.88. The molecule has 86 valence electrons. The van der Waals surface area contributed by atoms with E-state index in [1.54, 1.807) is 0 Å². The van der Waals surface area contributed by atoms with Gasteiger partial charge in [-0.2, -0.15) is 0 Å². The third-order valence-corrected chi connectivity index (χ3v) is 2.48. The van der Waals surface area contributed by atoms with Crippen molar-refractivity contribution in [3.05, 3.63) is 29.8 Å². The third-order valence-electron chi connectivity index (χ3n) is 1.84. The lowest BCUT2D eigenvalue weighted by molar-refractivity contribution is 0.321. The fourth-order valence-corrected chi connectivity index (χ4v) is 1.46. The largest absolute Gasteiger partial charge is 0.450 e. The van der Waals surface area contributed by atoms with Gasteiger partial charge in [0.1, 0.15) is 5.75 Å². The molecule has 0 aliphatic carbocycles. The highest BCUT2D eigenvalue weighted by Crippen LogP contribution is 2.21. The number of hydrogen-bond acceptors (Lipinski definition) is 2. The maximum Gasteiger partial charge on any atom is 0.215 e. The van der Waals surface area contributed by atoms with Crippen LogP contribution >= 0.6 is 26.0 Å². The first kappa shape index (κ1) is 14.9. The smallest absolute Gasteiger partial charge is 0.215 e. The van der Waals surface area contributed by atoms with Gasteiger partial charge in [0.25, 0.3) is 0 Å². The number of benzene rings is 1. The van der Waals surface area contributed by atoms with Gasteiger partial charge in [-0.25, -0.2) is 0 Å². The van der Waals surface area contributed by atoms with Crippen molar-refractivity contribution in [2.45, 2.75) is 26.7 Å². The number of rotatable bonds is 6. The molecule has 0 fully saturated rings. The fourth-order valence-electron chi connectivity index (χ4n) is 0.942. The maximum atomic E-state index is 5.41. The van der Waals surface area contributed by atoms with E-state index in [0.29, 0.717) is 0 Å². The predicted molar refractivity (Wildman–Crippen MR) is 71.3 cm³/mol. The highest BCUT2D eigenvalue weighted by Gasteiger charge is 1.93. The molecule has 0 aliphatic rings. The van der Waals surface area contributed by atoms with Crippen LogP contribution in [0.3, 0.4) is 0 Å². The van der Waals surface area contributed by atoms with Gasteiger partial charge in [-0.05, 0) is 25.5 Å². The van der Waals surface area contributed by atoms with Crippen LogP contribution in [0.15, 0.2) is 24.3 Å². The summed E-state index contributed by atoms with van der Waals surface area (Å²) in [6, 6.07) is 7.99. The van der Waals surface area contributed by atoms with Crippen LogP contribution in [0, 0.1) is 6.92 Å². The zero-order valence-electron chi connectivity index (χ0n) is 9.16. The Balaban J connectivity index is 0.00000196. The van der Waals surface area contributed by atoms with Crippen LogP contribution in [0.25, 0.3) is 0 Å². The highest BCUT2D eigenvalue weighted by molar-refractivity contribution is 8.93. The standard InChI is InChI=1S/C11H17O2P.BrH/c1-3-4-9-12-14-13-11-7-5-10(2)6-8-11;/h5-8,14H,3-4,9H2,1-2H3;1H. The summed E-state index contributed by atoms with van der Waals surface area (Å²) in [4.78, 5) is 0. The number of aryl methyl sites for hydroxylation is 1. The molecule has 1 atom stereocenters. The lowest BCUT2D eigenvalue weighted by Gasteiger charge is -2.05. The summed E-state index contributed by atoms with van der Waals surface area (Å²) < 4.78 is 10.7. The molecule has 0 radical (unpaired) electrons. The van der Waals surface area contributed by atoms with Gasteiger partial charge in [0, 0.05) is 0 Å². The number of unbranched alkanes of at least 4 members (excludes halogenated alkanes) is 1. The molecule has 0 saturated heterocycles. The van der Waals surface area contributed by atoms with E-state index < -0.39 is 0 Å². The van der Waals surface area contributed by atoms with Gasteiger partial charge >= 0.3 is 0 Å². The van der Waals surface area contributed by atoms with Crippen LogP contribution < -0.4 is 4.52 Å². The zero-order chi connectivity index (χ0) is 10.2. The number of hydrogen-bond donors (Lipinski definition) is 0. The quantitative estimate of drug-likeness (QED) is 0.576. The lowest BCUT2D eigenvalue weighted by atomic mass is 10.2. The molecular weight excluding hydrogens is 275 g/mol. The van der Waals surface area contributed by atoms with Crippen molar-refractivity contribution in [1.82, 2.24) is 0 Å². The van der Waals surface area contributed by atoms with Crippen molar-refractivity contribution in [1.29, 1.82) is 0 Å². The van der Waals surface area contributed by atoms with Crippen molar-refractivity contribution < 1.29 is 9.05 Å². The molecule has 0 heterocycles. The van der Waals surface area contributed by atoms with Crippen LogP contribution in [-0.4, -0.2) is 6.61 Å². The van der Waals surface area contributed by atoms with E-state index in [0.717, 1.165) is 25.2 Å². The van der Waals surface area contributed by atoms with Crippen LogP contribution in [0.4, 0.5) is 0 Å². The van der Waals surface area contributed by atoms with E-state index in [-0.39, 0.29) is 26.0 Å². The predicted octanol–water partition coefficient (Wildman–Crippen LogP) is 4.28. The lowest BCUT2D eigenvalue weighted by Crippen LogP contribution is -1.86. The molecule has 0 aliphatic heterocycles.